The fraction of sp³-hybridized carbons (Fsp3) is 0.481. The van der Waals surface area contributed by atoms with Gasteiger partial charge in [0, 0.05) is 62.0 Å². The second kappa shape index (κ2) is 11.5. The normalized spacial score (nSPS) is 19.5. The first-order valence-corrected chi connectivity index (χ1v) is 12.9. The summed E-state index contributed by atoms with van der Waals surface area (Å²) in [6.07, 6.45) is -2.67. The Morgan fingerprint density at radius 2 is 1.92 bits per heavy atom. The maximum absolute atomic E-state index is 15.1. The lowest BCUT2D eigenvalue weighted by molar-refractivity contribution is -0.274. The molecule has 2 saturated heterocycles. The van der Waals surface area contributed by atoms with Crippen molar-refractivity contribution in [2.75, 3.05) is 53.0 Å². The zero-order valence-corrected chi connectivity index (χ0v) is 21.5. The standard InChI is InChI=1S/C27H30F4N4O4/c1-37-12-10-34-11-13-38-23(16-34)22-14-20-24(21(28)15-32-25(20)33-22)17-6-8-35(9-7-17)26(36)18-2-4-19(5-3-18)39-27(29,30)31/h2-5,14-15,17,23H,6-13,16H2,1H3,(H,32,33). The van der Waals surface area contributed by atoms with Gasteiger partial charge in [-0.3, -0.25) is 9.69 Å². The van der Waals surface area contributed by atoms with E-state index < -0.39 is 6.36 Å². The molecule has 2 aliphatic heterocycles. The van der Waals surface area contributed by atoms with Crippen LogP contribution in [0.1, 0.15) is 46.5 Å². The highest BCUT2D eigenvalue weighted by Gasteiger charge is 2.32. The van der Waals surface area contributed by atoms with Gasteiger partial charge in [-0.25, -0.2) is 9.37 Å². The number of aromatic nitrogens is 2. The Labute approximate surface area is 222 Å². The maximum atomic E-state index is 15.1. The van der Waals surface area contributed by atoms with E-state index >= 15 is 4.39 Å². The molecule has 3 aromatic rings. The number of aromatic amines is 1. The molecule has 8 nitrogen and oxygen atoms in total. The van der Waals surface area contributed by atoms with Crippen LogP contribution in [0.3, 0.4) is 0 Å². The lowest BCUT2D eigenvalue weighted by Gasteiger charge is -2.32. The number of H-pyrrole nitrogens is 1. The molecule has 12 heteroatoms. The number of nitrogens with zero attached hydrogens (tertiary/aromatic N) is 3. The van der Waals surface area contributed by atoms with Gasteiger partial charge >= 0.3 is 6.36 Å². The predicted octanol–water partition coefficient (Wildman–Crippen LogP) is 4.64. The van der Waals surface area contributed by atoms with Crippen LogP contribution in [-0.4, -0.2) is 85.1 Å². The third kappa shape index (κ3) is 6.34. The van der Waals surface area contributed by atoms with Crippen molar-refractivity contribution in [3.63, 3.8) is 0 Å². The number of hydrogen-bond donors (Lipinski definition) is 1. The number of pyridine rings is 1. The summed E-state index contributed by atoms with van der Waals surface area (Å²) in [6.45, 7) is 4.32. The smallest absolute Gasteiger partial charge is 0.406 e. The van der Waals surface area contributed by atoms with Crippen molar-refractivity contribution in [2.45, 2.75) is 31.2 Å². The molecule has 2 aliphatic rings. The van der Waals surface area contributed by atoms with Crippen LogP contribution in [-0.2, 0) is 9.47 Å². The SMILES string of the molecule is COCCN1CCOC(c2cc3c(C4CCN(C(=O)c5ccc(OC(F)(F)F)cc5)CC4)c(F)cnc3[nH]2)C1. The lowest BCUT2D eigenvalue weighted by atomic mass is 9.87. The van der Waals surface area contributed by atoms with Gasteiger partial charge in [0.1, 0.15) is 23.3 Å². The minimum Gasteiger partial charge on any atom is -0.406 e. The van der Waals surface area contributed by atoms with Crippen molar-refractivity contribution in [3.05, 3.63) is 59.2 Å². The van der Waals surface area contributed by atoms with Crippen LogP contribution in [0, 0.1) is 5.82 Å². The largest absolute Gasteiger partial charge is 0.573 e. The van der Waals surface area contributed by atoms with Crippen LogP contribution < -0.4 is 4.74 Å². The number of methoxy groups -OCH3 is 1. The summed E-state index contributed by atoms with van der Waals surface area (Å²) in [7, 11) is 1.67. The van der Waals surface area contributed by atoms with E-state index in [9.17, 15) is 18.0 Å². The summed E-state index contributed by atoms with van der Waals surface area (Å²) in [4.78, 5) is 24.4. The van der Waals surface area contributed by atoms with Crippen LogP contribution in [0.25, 0.3) is 11.0 Å². The van der Waals surface area contributed by atoms with E-state index in [1.165, 1.54) is 18.3 Å². The van der Waals surface area contributed by atoms with Gasteiger partial charge in [0.2, 0.25) is 0 Å². The van der Waals surface area contributed by atoms with Crippen LogP contribution >= 0.6 is 0 Å². The molecule has 1 aromatic carbocycles. The number of piperidine rings is 1. The molecule has 0 bridgehead atoms. The predicted molar refractivity (Wildman–Crippen MR) is 134 cm³/mol. The van der Waals surface area contributed by atoms with Crippen molar-refractivity contribution in [1.29, 1.82) is 0 Å². The minimum atomic E-state index is -4.80. The second-order valence-electron chi connectivity index (χ2n) is 9.80. The van der Waals surface area contributed by atoms with Gasteiger partial charge in [-0.1, -0.05) is 0 Å². The van der Waals surface area contributed by atoms with Gasteiger partial charge in [0.05, 0.1) is 19.4 Å². The number of carbonyl (C=O) groups excluding carboxylic acids is 1. The molecular weight excluding hydrogens is 520 g/mol. The molecule has 0 saturated carbocycles. The average Bonchev–Trinajstić information content (AvgIpc) is 3.36. The van der Waals surface area contributed by atoms with E-state index in [1.54, 1.807) is 12.0 Å². The van der Waals surface area contributed by atoms with Gasteiger partial charge in [-0.05, 0) is 49.1 Å². The number of rotatable bonds is 7. The van der Waals surface area contributed by atoms with E-state index in [1.807, 2.05) is 6.07 Å². The van der Waals surface area contributed by atoms with Crippen molar-refractivity contribution < 1.29 is 36.6 Å². The number of carbonyl (C=O) groups is 1. The van der Waals surface area contributed by atoms with Crippen LogP contribution in [0.15, 0.2) is 36.5 Å². The Morgan fingerprint density at radius 3 is 2.62 bits per heavy atom. The molecule has 4 heterocycles. The highest BCUT2D eigenvalue weighted by Crippen LogP contribution is 2.36. The van der Waals surface area contributed by atoms with Crippen LogP contribution in [0.2, 0.25) is 0 Å². The van der Waals surface area contributed by atoms with E-state index in [0.29, 0.717) is 62.3 Å². The molecule has 5 rings (SSSR count). The first-order chi connectivity index (χ1) is 18.7. The number of nitrogens with one attached hydrogen (secondary N) is 1. The molecule has 210 valence electrons. The highest BCUT2D eigenvalue weighted by atomic mass is 19.4. The van der Waals surface area contributed by atoms with E-state index in [4.69, 9.17) is 9.47 Å². The Kier molecular flexibility index (Phi) is 8.06. The van der Waals surface area contributed by atoms with Gasteiger partial charge in [0.15, 0.2) is 0 Å². The van der Waals surface area contributed by atoms with Crippen LogP contribution in [0.4, 0.5) is 17.6 Å². The molecular formula is C27H30F4N4O4. The first-order valence-electron chi connectivity index (χ1n) is 12.9. The van der Waals surface area contributed by atoms with Gasteiger partial charge in [0.25, 0.3) is 5.91 Å². The average molecular weight is 551 g/mol. The molecule has 2 aromatic heterocycles. The Hall–Kier alpha value is -3.22. The fourth-order valence-electron chi connectivity index (χ4n) is 5.35. The number of likely N-dealkylation sites (tertiary alicyclic amines) is 1. The fourth-order valence-corrected chi connectivity index (χ4v) is 5.35. The number of morpholine rings is 1. The van der Waals surface area contributed by atoms with E-state index in [-0.39, 0.29) is 35.1 Å². The number of fused-ring (bicyclic) bond motifs is 1. The molecule has 2 fully saturated rings. The first kappa shape index (κ1) is 27.4. The van der Waals surface area contributed by atoms with Crippen molar-refractivity contribution in [1.82, 2.24) is 19.8 Å². The van der Waals surface area contributed by atoms with Crippen LogP contribution in [0.5, 0.6) is 5.75 Å². The van der Waals surface area contributed by atoms with Gasteiger partial charge < -0.3 is 24.1 Å². The van der Waals surface area contributed by atoms with Crippen molar-refractivity contribution >= 4 is 16.9 Å². The van der Waals surface area contributed by atoms with E-state index in [2.05, 4.69) is 19.6 Å². The summed E-state index contributed by atoms with van der Waals surface area (Å²) >= 11 is 0. The Bertz CT molecular complexity index is 1290. The molecule has 1 N–H and O–H groups in total. The zero-order valence-electron chi connectivity index (χ0n) is 21.5. The van der Waals surface area contributed by atoms with Crippen molar-refractivity contribution in [2.24, 2.45) is 0 Å². The lowest BCUT2D eigenvalue weighted by Crippen LogP contribution is -2.40. The molecule has 0 aliphatic carbocycles. The molecule has 0 radical (unpaired) electrons. The number of alkyl halides is 3. The number of halogens is 4. The molecule has 1 unspecified atom stereocenters. The number of ether oxygens (including phenoxy) is 3. The summed E-state index contributed by atoms with van der Waals surface area (Å²) in [5.41, 5.74) is 2.29. The molecule has 1 atom stereocenters. The van der Waals surface area contributed by atoms with Crippen molar-refractivity contribution in [3.8, 4) is 5.75 Å². The Balaban J connectivity index is 1.27. The quantitative estimate of drug-likeness (QED) is 0.432. The second-order valence-corrected chi connectivity index (χ2v) is 9.80. The number of benzene rings is 1. The maximum Gasteiger partial charge on any atom is 0.573 e. The summed E-state index contributed by atoms with van der Waals surface area (Å²) < 4.78 is 67.4. The molecule has 39 heavy (non-hydrogen) atoms. The summed E-state index contributed by atoms with van der Waals surface area (Å²) in [5.74, 6) is -1.17. The molecule has 0 spiro atoms. The Morgan fingerprint density at radius 1 is 1.18 bits per heavy atom. The number of amides is 1. The number of hydrogen-bond acceptors (Lipinski definition) is 6. The third-order valence-electron chi connectivity index (χ3n) is 7.31. The summed E-state index contributed by atoms with van der Waals surface area (Å²) in [5, 5.41) is 0.715. The minimum absolute atomic E-state index is 0.115. The van der Waals surface area contributed by atoms with Gasteiger partial charge in [-0.2, -0.15) is 0 Å². The van der Waals surface area contributed by atoms with E-state index in [0.717, 1.165) is 30.9 Å². The molecule has 1 amide bonds. The summed E-state index contributed by atoms with van der Waals surface area (Å²) in [6, 6.07) is 6.78. The highest BCUT2D eigenvalue weighted by molar-refractivity contribution is 5.94. The van der Waals surface area contributed by atoms with Gasteiger partial charge in [-0.15, -0.1) is 13.2 Å². The zero-order chi connectivity index (χ0) is 27.6. The topological polar surface area (TPSA) is 79.9 Å². The third-order valence-corrected chi connectivity index (χ3v) is 7.31. The monoisotopic (exact) mass is 550 g/mol.